The number of nitrogens with two attached hydrogens (primary N) is 1. The number of nitrogens with zero attached hydrogens (tertiary/aromatic N) is 2. The summed E-state index contributed by atoms with van der Waals surface area (Å²) in [5, 5.41) is -0.198. The van der Waals surface area contributed by atoms with Crippen molar-refractivity contribution in [1.29, 1.82) is 0 Å². The molecule has 0 saturated heterocycles. The van der Waals surface area contributed by atoms with E-state index in [0.29, 0.717) is 5.56 Å². The summed E-state index contributed by atoms with van der Waals surface area (Å²) < 4.78 is 27.6. The van der Waals surface area contributed by atoms with Crippen LogP contribution >= 0.6 is 11.6 Å². The van der Waals surface area contributed by atoms with Crippen molar-refractivity contribution in [2.24, 2.45) is 11.7 Å². The van der Waals surface area contributed by atoms with Gasteiger partial charge in [0.1, 0.15) is 18.2 Å². The van der Waals surface area contributed by atoms with Crippen molar-refractivity contribution in [3.63, 3.8) is 0 Å². The second kappa shape index (κ2) is 6.32. The molecule has 1 aliphatic rings. The van der Waals surface area contributed by atoms with E-state index in [1.807, 2.05) is 0 Å². The van der Waals surface area contributed by atoms with Gasteiger partial charge >= 0.3 is 0 Å². The van der Waals surface area contributed by atoms with Gasteiger partial charge in [0, 0.05) is 16.9 Å². The molecule has 8 heteroatoms. The lowest BCUT2D eigenvalue weighted by molar-refractivity contribution is -0.126. The molecule has 3 rings (SSSR count). The second-order valence-electron chi connectivity index (χ2n) is 6.44. The van der Waals surface area contributed by atoms with E-state index in [2.05, 4.69) is 4.98 Å². The predicted octanol–water partition coefficient (Wildman–Crippen LogP) is 2.79. The van der Waals surface area contributed by atoms with E-state index in [-0.39, 0.29) is 16.4 Å². The third-order valence-electron chi connectivity index (χ3n) is 4.99. The lowest BCUT2D eigenvalue weighted by Crippen LogP contribution is -2.53. The van der Waals surface area contributed by atoms with E-state index in [1.54, 1.807) is 13.8 Å². The van der Waals surface area contributed by atoms with Crippen LogP contribution in [0, 0.1) is 17.6 Å². The summed E-state index contributed by atoms with van der Waals surface area (Å²) in [6, 6.07) is 5.56. The number of hydrogen-bond acceptors (Lipinski definition) is 3. The zero-order chi connectivity index (χ0) is 19.2. The van der Waals surface area contributed by atoms with Crippen LogP contribution in [0.2, 0.25) is 5.02 Å². The zero-order valence-electron chi connectivity index (χ0n) is 14.1. The second-order valence-corrected chi connectivity index (χ2v) is 6.82. The number of anilines is 1. The third-order valence-corrected chi connectivity index (χ3v) is 5.36. The standard InChI is InChI=1S/C18H16ClF2N3O2/c1-9-17(26)24(8-13(22)25)16-14(15(19)12(21)7-23-16)18(9,2)10-3-5-11(20)6-4-10/h3-7,9H,8H2,1-2H3,(H2,22,25)/t9?,18-/m1/s1. The van der Waals surface area contributed by atoms with Crippen LogP contribution in [-0.2, 0) is 15.0 Å². The maximum absolute atomic E-state index is 14.2. The Morgan fingerprint density at radius 1 is 1.35 bits per heavy atom. The Morgan fingerprint density at radius 2 is 1.96 bits per heavy atom. The van der Waals surface area contributed by atoms with Crippen LogP contribution in [-0.4, -0.2) is 23.3 Å². The van der Waals surface area contributed by atoms with Crippen LogP contribution in [0.1, 0.15) is 25.0 Å². The number of primary amides is 1. The number of pyridine rings is 1. The van der Waals surface area contributed by atoms with Crippen molar-refractivity contribution in [2.45, 2.75) is 19.3 Å². The summed E-state index contributed by atoms with van der Waals surface area (Å²) in [7, 11) is 0. The Labute approximate surface area is 153 Å². The quantitative estimate of drug-likeness (QED) is 0.890. The molecule has 2 atom stereocenters. The highest BCUT2D eigenvalue weighted by Crippen LogP contribution is 2.50. The van der Waals surface area contributed by atoms with Crippen molar-refractivity contribution in [3.05, 3.63) is 58.2 Å². The summed E-state index contributed by atoms with van der Waals surface area (Å²) >= 11 is 6.25. The lowest BCUT2D eigenvalue weighted by atomic mass is 9.65. The Balaban J connectivity index is 2.32. The highest BCUT2D eigenvalue weighted by molar-refractivity contribution is 6.32. The first kappa shape index (κ1) is 18.3. The molecule has 136 valence electrons. The molecule has 2 N–H and O–H groups in total. The van der Waals surface area contributed by atoms with Gasteiger partial charge < -0.3 is 5.73 Å². The first-order chi connectivity index (χ1) is 12.2. The molecule has 2 amide bonds. The molecule has 0 saturated carbocycles. The van der Waals surface area contributed by atoms with Crippen LogP contribution in [0.15, 0.2) is 30.5 Å². The average molecular weight is 380 g/mol. The van der Waals surface area contributed by atoms with Crippen molar-refractivity contribution >= 4 is 29.2 Å². The lowest BCUT2D eigenvalue weighted by Gasteiger charge is -2.44. The minimum absolute atomic E-state index is 0.0742. The summed E-state index contributed by atoms with van der Waals surface area (Å²) in [6.07, 6.45) is 0.892. The van der Waals surface area contributed by atoms with E-state index >= 15 is 0 Å². The number of fused-ring (bicyclic) bond motifs is 1. The minimum Gasteiger partial charge on any atom is -0.368 e. The van der Waals surface area contributed by atoms with Gasteiger partial charge in [-0.05, 0) is 17.7 Å². The Hall–Kier alpha value is -2.54. The number of aromatic nitrogens is 1. The predicted molar refractivity (Wildman–Crippen MR) is 92.8 cm³/mol. The van der Waals surface area contributed by atoms with Gasteiger partial charge in [-0.3, -0.25) is 14.5 Å². The molecule has 0 bridgehead atoms. The number of carbonyl (C=O) groups is 2. The molecule has 26 heavy (non-hydrogen) atoms. The Bertz CT molecular complexity index is 904. The fourth-order valence-corrected chi connectivity index (χ4v) is 3.75. The summed E-state index contributed by atoms with van der Waals surface area (Å²) in [4.78, 5) is 29.5. The molecule has 5 nitrogen and oxygen atoms in total. The average Bonchev–Trinajstić information content (AvgIpc) is 2.59. The van der Waals surface area contributed by atoms with Gasteiger partial charge in [-0.25, -0.2) is 13.8 Å². The van der Waals surface area contributed by atoms with Crippen molar-refractivity contribution in [3.8, 4) is 0 Å². The first-order valence-corrected chi connectivity index (χ1v) is 8.26. The van der Waals surface area contributed by atoms with Crippen molar-refractivity contribution in [2.75, 3.05) is 11.4 Å². The Morgan fingerprint density at radius 3 is 2.54 bits per heavy atom. The van der Waals surface area contributed by atoms with Crippen LogP contribution in [0.4, 0.5) is 14.6 Å². The van der Waals surface area contributed by atoms with E-state index in [0.717, 1.165) is 11.1 Å². The molecular formula is C18H16ClF2N3O2. The van der Waals surface area contributed by atoms with Crippen molar-refractivity contribution in [1.82, 2.24) is 4.98 Å². The molecule has 1 aromatic heterocycles. The number of halogens is 3. The normalized spacial score (nSPS) is 22.3. The molecule has 0 aliphatic carbocycles. The van der Waals surface area contributed by atoms with Crippen LogP contribution in [0.25, 0.3) is 0 Å². The molecule has 0 fully saturated rings. The zero-order valence-corrected chi connectivity index (χ0v) is 14.8. The van der Waals surface area contributed by atoms with Gasteiger partial charge in [0.15, 0.2) is 5.82 Å². The molecule has 1 aromatic carbocycles. The topological polar surface area (TPSA) is 76.3 Å². The molecule has 1 unspecified atom stereocenters. The maximum atomic E-state index is 14.2. The summed E-state index contributed by atoms with van der Waals surface area (Å²) in [5.74, 6) is -2.97. The van der Waals surface area contributed by atoms with E-state index in [1.165, 1.54) is 24.3 Å². The highest BCUT2D eigenvalue weighted by atomic mass is 35.5. The smallest absolute Gasteiger partial charge is 0.237 e. The van der Waals surface area contributed by atoms with Gasteiger partial charge in [-0.1, -0.05) is 37.6 Å². The fourth-order valence-electron chi connectivity index (χ4n) is 3.42. The molecule has 0 radical (unpaired) electrons. The van der Waals surface area contributed by atoms with Gasteiger partial charge in [0.05, 0.1) is 11.2 Å². The van der Waals surface area contributed by atoms with E-state index in [9.17, 15) is 18.4 Å². The van der Waals surface area contributed by atoms with Gasteiger partial charge in [0.2, 0.25) is 11.8 Å². The minimum atomic E-state index is -1.07. The van der Waals surface area contributed by atoms with E-state index in [4.69, 9.17) is 17.3 Å². The van der Waals surface area contributed by atoms with Crippen molar-refractivity contribution < 1.29 is 18.4 Å². The third kappa shape index (κ3) is 2.63. The highest BCUT2D eigenvalue weighted by Gasteiger charge is 2.50. The van der Waals surface area contributed by atoms with Gasteiger partial charge in [-0.15, -0.1) is 0 Å². The number of hydrogen-bond donors (Lipinski definition) is 1. The van der Waals surface area contributed by atoms with Crippen LogP contribution < -0.4 is 10.6 Å². The number of carbonyl (C=O) groups excluding carboxylic acids is 2. The summed E-state index contributed by atoms with van der Waals surface area (Å²) in [6.45, 7) is 2.96. The molecular weight excluding hydrogens is 364 g/mol. The molecule has 2 heterocycles. The van der Waals surface area contributed by atoms with Crippen LogP contribution in [0.5, 0.6) is 0 Å². The maximum Gasteiger partial charge on any atom is 0.237 e. The monoisotopic (exact) mass is 379 g/mol. The largest absolute Gasteiger partial charge is 0.368 e. The number of benzene rings is 1. The number of rotatable bonds is 3. The SMILES string of the molecule is CC1C(=O)N(CC(N)=O)c2ncc(F)c(Cl)c2[C@@]1(C)c1ccc(F)cc1. The molecule has 0 spiro atoms. The molecule has 1 aliphatic heterocycles. The van der Waals surface area contributed by atoms with E-state index < -0.39 is 41.3 Å². The first-order valence-electron chi connectivity index (χ1n) is 7.88. The van der Waals surface area contributed by atoms with Gasteiger partial charge in [-0.2, -0.15) is 0 Å². The fraction of sp³-hybridized carbons (Fsp3) is 0.278. The Kier molecular flexibility index (Phi) is 4.44. The van der Waals surface area contributed by atoms with Gasteiger partial charge in [0.25, 0.3) is 0 Å². The van der Waals surface area contributed by atoms with Crippen LogP contribution in [0.3, 0.4) is 0 Å². The number of amides is 2. The summed E-state index contributed by atoms with van der Waals surface area (Å²) in [5.41, 5.74) is 5.01. The molecule has 2 aromatic rings.